The molecular weight excluding hydrogens is 270 g/mol. The second kappa shape index (κ2) is 5.16. The van der Waals surface area contributed by atoms with Crippen LogP contribution < -0.4 is 0 Å². The molecule has 0 fully saturated rings. The van der Waals surface area contributed by atoms with Gasteiger partial charge in [-0.3, -0.25) is 9.78 Å². The average molecular weight is 287 g/mol. The van der Waals surface area contributed by atoms with Crippen molar-refractivity contribution in [3.05, 3.63) is 46.8 Å². The van der Waals surface area contributed by atoms with Gasteiger partial charge in [-0.15, -0.1) is 0 Å². The van der Waals surface area contributed by atoms with Crippen LogP contribution in [0.3, 0.4) is 0 Å². The summed E-state index contributed by atoms with van der Waals surface area (Å²) in [4.78, 5) is 26.9. The molecule has 1 atom stereocenters. The highest BCUT2D eigenvalue weighted by molar-refractivity contribution is 5.96. The predicted octanol–water partition coefficient (Wildman–Crippen LogP) is 2.59. The zero-order valence-electron chi connectivity index (χ0n) is 12.2. The number of rotatable bonds is 3. The summed E-state index contributed by atoms with van der Waals surface area (Å²) in [6.45, 7) is 5.35. The van der Waals surface area contributed by atoms with Crippen LogP contribution in [0.1, 0.15) is 30.0 Å². The Morgan fingerprint density at radius 2 is 1.90 bits per heavy atom. The van der Waals surface area contributed by atoms with Crippen molar-refractivity contribution in [1.82, 2.24) is 4.98 Å². The highest BCUT2D eigenvalue weighted by Crippen LogP contribution is 2.38. The van der Waals surface area contributed by atoms with Gasteiger partial charge in [-0.1, -0.05) is 6.08 Å². The second-order valence-corrected chi connectivity index (χ2v) is 5.60. The van der Waals surface area contributed by atoms with Crippen molar-refractivity contribution in [1.29, 1.82) is 0 Å². The minimum absolute atomic E-state index is 0.0283. The molecule has 0 aliphatic heterocycles. The Morgan fingerprint density at radius 3 is 2.48 bits per heavy atom. The average Bonchev–Trinajstić information content (AvgIpc) is 2.41. The molecule has 1 aliphatic rings. The lowest BCUT2D eigenvalue weighted by Crippen LogP contribution is -2.29. The van der Waals surface area contributed by atoms with Crippen molar-refractivity contribution < 1.29 is 19.8 Å². The van der Waals surface area contributed by atoms with Crippen molar-refractivity contribution in [3.8, 4) is 0 Å². The summed E-state index contributed by atoms with van der Waals surface area (Å²) in [6.07, 6.45) is 6.49. The van der Waals surface area contributed by atoms with Crippen LogP contribution in [-0.2, 0) is 9.59 Å². The van der Waals surface area contributed by atoms with E-state index in [0.717, 1.165) is 16.7 Å². The van der Waals surface area contributed by atoms with E-state index in [-0.39, 0.29) is 12.0 Å². The van der Waals surface area contributed by atoms with Gasteiger partial charge in [0.05, 0.1) is 5.41 Å². The Labute approximate surface area is 122 Å². The van der Waals surface area contributed by atoms with Gasteiger partial charge in [-0.2, -0.15) is 0 Å². The third-order valence-corrected chi connectivity index (χ3v) is 3.90. The molecule has 1 heterocycles. The summed E-state index contributed by atoms with van der Waals surface area (Å²) in [6, 6.07) is 0. The number of carbonyl (C=O) groups is 2. The fraction of sp³-hybridized carbons (Fsp3) is 0.312. The van der Waals surface area contributed by atoms with Crippen molar-refractivity contribution >= 4 is 17.5 Å². The van der Waals surface area contributed by atoms with Crippen molar-refractivity contribution in [2.45, 2.75) is 27.2 Å². The smallest absolute Gasteiger partial charge is 0.331 e. The van der Waals surface area contributed by atoms with Crippen LogP contribution in [0.15, 0.2) is 30.1 Å². The summed E-state index contributed by atoms with van der Waals surface area (Å²) in [5, 5.41) is 18.6. The zero-order chi connectivity index (χ0) is 15.8. The molecule has 1 aromatic rings. The number of pyridine rings is 1. The van der Waals surface area contributed by atoms with Gasteiger partial charge < -0.3 is 10.2 Å². The van der Waals surface area contributed by atoms with E-state index >= 15 is 0 Å². The fourth-order valence-corrected chi connectivity index (χ4v) is 2.42. The molecule has 0 aromatic carbocycles. The van der Waals surface area contributed by atoms with E-state index in [0.29, 0.717) is 5.57 Å². The number of aryl methyl sites for hydroxylation is 1. The van der Waals surface area contributed by atoms with Crippen LogP contribution in [0.4, 0.5) is 0 Å². The number of carboxylic acids is 2. The zero-order valence-corrected chi connectivity index (χ0v) is 12.2. The number of carboxylic acid groups (broad SMARTS) is 2. The summed E-state index contributed by atoms with van der Waals surface area (Å²) in [7, 11) is 0. The number of aromatic nitrogens is 1. The monoisotopic (exact) mass is 287 g/mol. The van der Waals surface area contributed by atoms with Crippen LogP contribution >= 0.6 is 0 Å². The van der Waals surface area contributed by atoms with Crippen molar-refractivity contribution in [2.75, 3.05) is 0 Å². The Hall–Kier alpha value is -2.43. The van der Waals surface area contributed by atoms with E-state index < -0.39 is 17.4 Å². The van der Waals surface area contributed by atoms with Crippen molar-refractivity contribution in [3.63, 3.8) is 0 Å². The quantitative estimate of drug-likeness (QED) is 0.892. The van der Waals surface area contributed by atoms with Gasteiger partial charge in [0.15, 0.2) is 0 Å². The molecule has 2 rings (SSSR count). The Morgan fingerprint density at radius 1 is 1.24 bits per heavy atom. The first kappa shape index (κ1) is 15.0. The largest absolute Gasteiger partial charge is 0.481 e. The van der Waals surface area contributed by atoms with E-state index in [9.17, 15) is 19.8 Å². The molecule has 0 radical (unpaired) electrons. The maximum absolute atomic E-state index is 11.5. The van der Waals surface area contributed by atoms with Gasteiger partial charge in [0.1, 0.15) is 0 Å². The topological polar surface area (TPSA) is 87.5 Å². The predicted molar refractivity (Wildman–Crippen MR) is 77.8 cm³/mol. The minimum atomic E-state index is -1.23. The summed E-state index contributed by atoms with van der Waals surface area (Å²) in [5.41, 5.74) is 2.16. The lowest BCUT2D eigenvalue weighted by atomic mass is 9.76. The minimum Gasteiger partial charge on any atom is -0.481 e. The molecule has 1 aromatic heterocycles. The van der Waals surface area contributed by atoms with Gasteiger partial charge >= 0.3 is 11.9 Å². The van der Waals surface area contributed by atoms with Gasteiger partial charge in [0, 0.05) is 23.5 Å². The lowest BCUT2D eigenvalue weighted by Gasteiger charge is -2.27. The highest BCUT2D eigenvalue weighted by atomic mass is 16.4. The molecule has 1 aliphatic carbocycles. The third-order valence-electron chi connectivity index (χ3n) is 3.90. The molecule has 0 bridgehead atoms. The lowest BCUT2D eigenvalue weighted by molar-refractivity contribution is -0.145. The Bertz CT molecular complexity index is 688. The van der Waals surface area contributed by atoms with E-state index in [1.165, 1.54) is 13.0 Å². The summed E-state index contributed by atoms with van der Waals surface area (Å²) >= 11 is 0. The summed E-state index contributed by atoms with van der Waals surface area (Å²) < 4.78 is 0. The highest BCUT2D eigenvalue weighted by Gasteiger charge is 2.37. The molecule has 110 valence electrons. The molecule has 5 nitrogen and oxygen atoms in total. The van der Waals surface area contributed by atoms with E-state index in [2.05, 4.69) is 4.98 Å². The molecule has 2 N–H and O–H groups in total. The van der Waals surface area contributed by atoms with Crippen LogP contribution in [0.5, 0.6) is 0 Å². The molecular formula is C16H17NO4. The number of nitrogens with zero attached hydrogens (tertiary/aromatic N) is 1. The van der Waals surface area contributed by atoms with Gasteiger partial charge in [-0.05, 0) is 50.0 Å². The second-order valence-electron chi connectivity index (χ2n) is 5.60. The van der Waals surface area contributed by atoms with Crippen molar-refractivity contribution in [2.24, 2.45) is 5.41 Å². The number of hydrogen-bond acceptors (Lipinski definition) is 3. The van der Waals surface area contributed by atoms with Crippen LogP contribution in [0.25, 0.3) is 5.57 Å². The summed E-state index contributed by atoms with van der Waals surface area (Å²) in [5.74, 6) is -2.13. The first-order chi connectivity index (χ1) is 9.74. The first-order valence-electron chi connectivity index (χ1n) is 6.56. The number of aliphatic carboxylic acids is 2. The molecule has 5 heteroatoms. The van der Waals surface area contributed by atoms with E-state index in [1.54, 1.807) is 18.5 Å². The standard InChI is InChI=1S/C16H17NO4/c1-9-7-17-8-13(10(9)2)11-4-12(14(18)19)6-16(3,5-11)15(20)21/h4-5,7-8H,6H2,1-3H3,(H,18,19)(H,20,21). The molecule has 0 amide bonds. The Kier molecular flexibility index (Phi) is 3.68. The van der Waals surface area contributed by atoms with Crippen LogP contribution in [-0.4, -0.2) is 27.1 Å². The number of allylic oxidation sites excluding steroid dienone is 2. The maximum atomic E-state index is 11.5. The van der Waals surface area contributed by atoms with E-state index in [4.69, 9.17) is 0 Å². The Balaban J connectivity index is 2.63. The normalized spacial score (nSPS) is 21.5. The first-order valence-corrected chi connectivity index (χ1v) is 6.56. The van der Waals surface area contributed by atoms with Crippen LogP contribution in [0, 0.1) is 19.3 Å². The van der Waals surface area contributed by atoms with Crippen LogP contribution in [0.2, 0.25) is 0 Å². The molecule has 1 unspecified atom stereocenters. The third kappa shape index (κ3) is 2.72. The molecule has 0 saturated carbocycles. The maximum Gasteiger partial charge on any atom is 0.331 e. The number of hydrogen-bond donors (Lipinski definition) is 2. The van der Waals surface area contributed by atoms with Gasteiger partial charge in [0.25, 0.3) is 0 Å². The molecule has 21 heavy (non-hydrogen) atoms. The fourth-order valence-electron chi connectivity index (χ4n) is 2.42. The van der Waals surface area contributed by atoms with Gasteiger partial charge in [-0.25, -0.2) is 4.79 Å². The SMILES string of the molecule is Cc1cncc(C2=CC(C)(C(=O)O)CC(C(=O)O)=C2)c1C. The molecule has 0 saturated heterocycles. The van der Waals surface area contributed by atoms with Gasteiger partial charge in [0.2, 0.25) is 0 Å². The van der Waals surface area contributed by atoms with E-state index in [1.807, 2.05) is 13.8 Å². The molecule has 0 spiro atoms.